The minimum absolute atomic E-state index is 0.564. The van der Waals surface area contributed by atoms with Crippen LogP contribution in [0.4, 0.5) is 10.9 Å². The van der Waals surface area contributed by atoms with Crippen molar-refractivity contribution in [3.05, 3.63) is 35.5 Å². The van der Waals surface area contributed by atoms with Crippen LogP contribution in [0.25, 0.3) is 0 Å². The lowest BCUT2D eigenvalue weighted by atomic mass is 9.97. The van der Waals surface area contributed by atoms with Gasteiger partial charge in [0.2, 0.25) is 0 Å². The minimum Gasteiger partial charge on any atom is -0.316 e. The highest BCUT2D eigenvalue weighted by Gasteiger charge is 2.17. The van der Waals surface area contributed by atoms with Crippen molar-refractivity contribution < 1.29 is 0 Å². The molecule has 0 bridgehead atoms. The maximum Gasteiger partial charge on any atom is 0.188 e. The molecule has 1 saturated heterocycles. The number of aromatic nitrogens is 2. The van der Waals surface area contributed by atoms with Crippen molar-refractivity contribution in [2.24, 2.45) is 0 Å². The van der Waals surface area contributed by atoms with E-state index in [2.05, 4.69) is 26.0 Å². The van der Waals surface area contributed by atoms with Crippen LogP contribution < -0.4 is 10.6 Å². The third kappa shape index (κ3) is 2.68. The van der Waals surface area contributed by atoms with E-state index in [1.54, 1.807) is 17.5 Å². The van der Waals surface area contributed by atoms with Gasteiger partial charge < -0.3 is 10.6 Å². The highest BCUT2D eigenvalue weighted by molar-refractivity contribution is 7.13. The van der Waals surface area contributed by atoms with E-state index >= 15 is 0 Å². The molecule has 3 heterocycles. The molecule has 0 spiro atoms. The first-order valence-corrected chi connectivity index (χ1v) is 7.14. The molecule has 1 unspecified atom stereocenters. The SMILES string of the molecule is c1ccc(Nc2nc(C3CCCNC3)cs2)nc1. The summed E-state index contributed by atoms with van der Waals surface area (Å²) in [7, 11) is 0. The van der Waals surface area contributed by atoms with Crippen molar-refractivity contribution in [2.75, 3.05) is 18.4 Å². The Bertz CT molecular complexity index is 491. The van der Waals surface area contributed by atoms with E-state index in [9.17, 15) is 0 Å². The quantitative estimate of drug-likeness (QED) is 0.891. The summed E-state index contributed by atoms with van der Waals surface area (Å²) in [5.41, 5.74) is 1.20. The lowest BCUT2D eigenvalue weighted by Crippen LogP contribution is -2.28. The first kappa shape index (κ1) is 11.6. The molecule has 0 amide bonds. The molecule has 3 rings (SSSR count). The zero-order valence-electron chi connectivity index (χ0n) is 10.1. The molecule has 4 nitrogen and oxygen atoms in total. The van der Waals surface area contributed by atoms with Crippen LogP contribution in [0.15, 0.2) is 29.8 Å². The number of hydrogen-bond donors (Lipinski definition) is 2. The molecule has 0 aliphatic carbocycles. The summed E-state index contributed by atoms with van der Waals surface area (Å²) in [6.07, 6.45) is 4.26. The molecule has 94 valence electrons. The molecule has 0 radical (unpaired) electrons. The summed E-state index contributed by atoms with van der Waals surface area (Å²) in [4.78, 5) is 8.90. The average molecular weight is 260 g/mol. The summed E-state index contributed by atoms with van der Waals surface area (Å²) in [6.45, 7) is 2.19. The van der Waals surface area contributed by atoms with Crippen molar-refractivity contribution >= 4 is 22.3 Å². The second kappa shape index (κ2) is 5.46. The van der Waals surface area contributed by atoms with Crippen molar-refractivity contribution in [3.63, 3.8) is 0 Å². The molecule has 5 heteroatoms. The molecular weight excluding hydrogens is 244 g/mol. The highest BCUT2D eigenvalue weighted by Crippen LogP contribution is 2.27. The summed E-state index contributed by atoms with van der Waals surface area (Å²) >= 11 is 1.65. The zero-order valence-corrected chi connectivity index (χ0v) is 10.9. The molecule has 2 aromatic heterocycles. The topological polar surface area (TPSA) is 49.8 Å². The Balaban J connectivity index is 1.69. The summed E-state index contributed by atoms with van der Waals surface area (Å²) < 4.78 is 0. The van der Waals surface area contributed by atoms with Crippen LogP contribution in [-0.4, -0.2) is 23.1 Å². The number of nitrogens with zero attached hydrogens (tertiary/aromatic N) is 2. The van der Waals surface area contributed by atoms with Crippen LogP contribution in [0.1, 0.15) is 24.5 Å². The Kier molecular flexibility index (Phi) is 3.52. The number of pyridine rings is 1. The molecule has 2 aromatic rings. The van der Waals surface area contributed by atoms with Gasteiger partial charge in [0.05, 0.1) is 5.69 Å². The molecule has 0 saturated carbocycles. The van der Waals surface area contributed by atoms with Crippen molar-refractivity contribution in [1.29, 1.82) is 0 Å². The van der Waals surface area contributed by atoms with Crippen molar-refractivity contribution in [3.8, 4) is 0 Å². The van der Waals surface area contributed by atoms with E-state index < -0.39 is 0 Å². The Morgan fingerprint density at radius 2 is 2.39 bits per heavy atom. The molecule has 1 fully saturated rings. The van der Waals surface area contributed by atoms with Gasteiger partial charge in [-0.25, -0.2) is 9.97 Å². The molecule has 2 N–H and O–H groups in total. The number of piperidine rings is 1. The van der Waals surface area contributed by atoms with Crippen molar-refractivity contribution in [2.45, 2.75) is 18.8 Å². The zero-order chi connectivity index (χ0) is 12.2. The van der Waals surface area contributed by atoms with Gasteiger partial charge in [0.15, 0.2) is 5.13 Å². The Labute approximate surface area is 110 Å². The van der Waals surface area contributed by atoms with Gasteiger partial charge in [-0.2, -0.15) is 0 Å². The monoisotopic (exact) mass is 260 g/mol. The summed E-state index contributed by atoms with van der Waals surface area (Å²) in [6, 6.07) is 5.82. The third-order valence-electron chi connectivity index (χ3n) is 3.14. The lowest BCUT2D eigenvalue weighted by Gasteiger charge is -2.20. The van der Waals surface area contributed by atoms with E-state index in [1.807, 2.05) is 18.2 Å². The van der Waals surface area contributed by atoms with Gasteiger partial charge in [-0.15, -0.1) is 11.3 Å². The fourth-order valence-corrected chi connectivity index (χ4v) is 2.98. The Morgan fingerprint density at radius 1 is 1.39 bits per heavy atom. The molecule has 1 aliphatic rings. The van der Waals surface area contributed by atoms with Gasteiger partial charge >= 0.3 is 0 Å². The van der Waals surface area contributed by atoms with E-state index in [0.29, 0.717) is 5.92 Å². The average Bonchev–Trinajstić information content (AvgIpc) is 2.89. The highest BCUT2D eigenvalue weighted by atomic mass is 32.1. The smallest absolute Gasteiger partial charge is 0.188 e. The Morgan fingerprint density at radius 3 is 3.17 bits per heavy atom. The van der Waals surface area contributed by atoms with Crippen molar-refractivity contribution in [1.82, 2.24) is 15.3 Å². The van der Waals surface area contributed by atoms with Crippen LogP contribution in [-0.2, 0) is 0 Å². The predicted octanol–water partition coefficient (Wildman–Crippen LogP) is 2.75. The van der Waals surface area contributed by atoms with Gasteiger partial charge in [-0.05, 0) is 31.5 Å². The molecule has 0 aromatic carbocycles. The fourth-order valence-electron chi connectivity index (χ4n) is 2.18. The van der Waals surface area contributed by atoms with Gasteiger partial charge in [0.25, 0.3) is 0 Å². The van der Waals surface area contributed by atoms with Crippen LogP contribution in [0, 0.1) is 0 Å². The normalized spacial score (nSPS) is 19.7. The van der Waals surface area contributed by atoms with Crippen LogP contribution in [0.5, 0.6) is 0 Å². The van der Waals surface area contributed by atoms with Crippen LogP contribution in [0.3, 0.4) is 0 Å². The second-order valence-corrected chi connectivity index (χ2v) is 5.32. The first-order chi connectivity index (χ1) is 8.92. The number of hydrogen-bond acceptors (Lipinski definition) is 5. The van der Waals surface area contributed by atoms with E-state index in [1.165, 1.54) is 18.5 Å². The molecule has 1 atom stereocenters. The maximum absolute atomic E-state index is 4.66. The number of rotatable bonds is 3. The standard InChI is InChI=1S/C13H16N4S/c1-2-7-15-12(5-1)17-13-16-11(9-18-13)10-4-3-6-14-8-10/h1-2,5,7,9-10,14H,3-4,6,8H2,(H,15,16,17). The van der Waals surface area contributed by atoms with E-state index in [0.717, 1.165) is 24.0 Å². The third-order valence-corrected chi connectivity index (χ3v) is 3.91. The minimum atomic E-state index is 0.564. The van der Waals surface area contributed by atoms with E-state index in [4.69, 9.17) is 0 Å². The second-order valence-electron chi connectivity index (χ2n) is 4.46. The van der Waals surface area contributed by atoms with Gasteiger partial charge in [0.1, 0.15) is 5.82 Å². The molecule has 1 aliphatic heterocycles. The van der Waals surface area contributed by atoms with E-state index in [-0.39, 0.29) is 0 Å². The number of thiazole rings is 1. The Hall–Kier alpha value is -1.46. The molecular formula is C13H16N4S. The number of anilines is 2. The largest absolute Gasteiger partial charge is 0.316 e. The number of nitrogens with one attached hydrogen (secondary N) is 2. The molecule has 18 heavy (non-hydrogen) atoms. The fraction of sp³-hybridized carbons (Fsp3) is 0.385. The van der Waals surface area contributed by atoms with Gasteiger partial charge in [-0.3, -0.25) is 0 Å². The summed E-state index contributed by atoms with van der Waals surface area (Å²) in [5.74, 6) is 1.41. The van der Waals surface area contributed by atoms with Crippen LogP contribution in [0.2, 0.25) is 0 Å². The van der Waals surface area contributed by atoms with Gasteiger partial charge in [-0.1, -0.05) is 6.07 Å². The summed E-state index contributed by atoms with van der Waals surface area (Å²) in [5, 5.41) is 9.74. The van der Waals surface area contributed by atoms with Gasteiger partial charge in [0, 0.05) is 24.0 Å². The predicted molar refractivity (Wildman–Crippen MR) is 74.5 cm³/mol. The maximum atomic E-state index is 4.66. The first-order valence-electron chi connectivity index (χ1n) is 6.26. The lowest BCUT2D eigenvalue weighted by molar-refractivity contribution is 0.456. The van der Waals surface area contributed by atoms with Crippen LogP contribution >= 0.6 is 11.3 Å².